The normalized spacial score (nSPS) is 23.6. The molecule has 92 valence electrons. The lowest BCUT2D eigenvalue weighted by molar-refractivity contribution is -0.0207. The van der Waals surface area contributed by atoms with Crippen LogP contribution < -0.4 is 0 Å². The predicted molar refractivity (Wildman–Crippen MR) is 65.8 cm³/mol. The second-order valence-corrected chi connectivity index (χ2v) is 4.86. The molecule has 1 aromatic heterocycles. The molecule has 0 saturated heterocycles. The summed E-state index contributed by atoms with van der Waals surface area (Å²) in [6.07, 6.45) is 5.91. The number of carbonyl (C=O) groups excluding carboxylic acids is 1. The van der Waals surface area contributed by atoms with Crippen molar-refractivity contribution in [3.63, 3.8) is 0 Å². The monoisotopic (exact) mass is 299 g/mol. The van der Waals surface area contributed by atoms with Crippen molar-refractivity contribution in [3.8, 4) is 0 Å². The predicted octanol–water partition coefficient (Wildman–Crippen LogP) is 2.57. The van der Waals surface area contributed by atoms with Crippen LogP contribution in [-0.2, 0) is 9.47 Å². The fourth-order valence-electron chi connectivity index (χ4n) is 2.04. The molecule has 0 bridgehead atoms. The molecule has 0 aromatic carbocycles. The Morgan fingerprint density at radius 2 is 2.24 bits per heavy atom. The summed E-state index contributed by atoms with van der Waals surface area (Å²) < 4.78 is 11.4. The van der Waals surface area contributed by atoms with Crippen molar-refractivity contribution in [1.82, 2.24) is 4.98 Å². The highest BCUT2D eigenvalue weighted by Crippen LogP contribution is 2.26. The molecule has 0 unspecified atom stereocenters. The lowest BCUT2D eigenvalue weighted by atomic mass is 10.2. The van der Waals surface area contributed by atoms with Crippen LogP contribution in [0.15, 0.2) is 22.9 Å². The van der Waals surface area contributed by atoms with Gasteiger partial charge in [-0.15, -0.1) is 0 Å². The number of ether oxygens (including phenoxy) is 2. The maximum absolute atomic E-state index is 11.9. The molecule has 1 heterocycles. The van der Waals surface area contributed by atoms with Gasteiger partial charge < -0.3 is 9.47 Å². The quantitative estimate of drug-likeness (QED) is 0.805. The van der Waals surface area contributed by atoms with Crippen molar-refractivity contribution >= 4 is 21.9 Å². The molecule has 1 aromatic rings. The second-order valence-electron chi connectivity index (χ2n) is 4.00. The Kier molecular flexibility index (Phi) is 4.12. The molecule has 1 aliphatic carbocycles. The van der Waals surface area contributed by atoms with Crippen LogP contribution in [0.2, 0.25) is 0 Å². The topological polar surface area (TPSA) is 48.4 Å². The van der Waals surface area contributed by atoms with E-state index < -0.39 is 0 Å². The first-order chi connectivity index (χ1) is 8.22. The molecular weight excluding hydrogens is 286 g/mol. The maximum Gasteiger partial charge on any atom is 0.339 e. The molecule has 1 fully saturated rings. The highest BCUT2D eigenvalue weighted by molar-refractivity contribution is 9.10. The molecule has 5 heteroatoms. The van der Waals surface area contributed by atoms with Gasteiger partial charge in [-0.05, 0) is 41.3 Å². The van der Waals surface area contributed by atoms with Crippen molar-refractivity contribution in [2.45, 2.75) is 31.5 Å². The van der Waals surface area contributed by atoms with Crippen LogP contribution in [0.4, 0.5) is 0 Å². The van der Waals surface area contributed by atoms with Gasteiger partial charge in [-0.2, -0.15) is 0 Å². The van der Waals surface area contributed by atoms with Gasteiger partial charge in [-0.1, -0.05) is 0 Å². The number of carbonyl (C=O) groups is 1. The number of hydrogen-bond donors (Lipinski definition) is 0. The summed E-state index contributed by atoms with van der Waals surface area (Å²) in [5, 5.41) is 0. The van der Waals surface area contributed by atoms with Crippen LogP contribution in [0.3, 0.4) is 0 Å². The number of nitrogens with zero attached hydrogens (tertiary/aromatic N) is 1. The zero-order valence-electron chi connectivity index (χ0n) is 9.56. The minimum Gasteiger partial charge on any atom is -0.456 e. The lowest BCUT2D eigenvalue weighted by Crippen LogP contribution is -2.27. The highest BCUT2D eigenvalue weighted by atomic mass is 79.9. The van der Waals surface area contributed by atoms with Gasteiger partial charge in [0.05, 0.1) is 16.1 Å². The van der Waals surface area contributed by atoms with Crippen LogP contribution >= 0.6 is 15.9 Å². The Hall–Kier alpha value is -0.940. The van der Waals surface area contributed by atoms with Gasteiger partial charge in [0.2, 0.25) is 0 Å². The summed E-state index contributed by atoms with van der Waals surface area (Å²) in [5.74, 6) is -0.326. The number of halogens is 1. The number of pyridine rings is 1. The van der Waals surface area contributed by atoms with Crippen LogP contribution in [-0.4, -0.2) is 30.3 Å². The van der Waals surface area contributed by atoms with Crippen LogP contribution in [0.1, 0.15) is 29.6 Å². The zero-order valence-corrected chi connectivity index (χ0v) is 11.1. The third kappa shape index (κ3) is 2.84. The molecule has 2 atom stereocenters. The Bertz CT molecular complexity index is 410. The average Bonchev–Trinajstić information content (AvgIpc) is 2.76. The average molecular weight is 300 g/mol. The van der Waals surface area contributed by atoms with E-state index in [0.29, 0.717) is 10.0 Å². The molecule has 1 saturated carbocycles. The van der Waals surface area contributed by atoms with Crippen molar-refractivity contribution in [1.29, 1.82) is 0 Å². The van der Waals surface area contributed by atoms with E-state index in [1.54, 1.807) is 25.6 Å². The number of hydrogen-bond acceptors (Lipinski definition) is 4. The van der Waals surface area contributed by atoms with Crippen molar-refractivity contribution in [3.05, 3.63) is 28.5 Å². The van der Waals surface area contributed by atoms with Crippen LogP contribution in [0, 0.1) is 0 Å². The fraction of sp³-hybridized carbons (Fsp3) is 0.500. The van der Waals surface area contributed by atoms with Crippen LogP contribution in [0.25, 0.3) is 0 Å². The fourth-order valence-corrected chi connectivity index (χ4v) is 2.45. The van der Waals surface area contributed by atoms with E-state index in [9.17, 15) is 4.79 Å². The standard InChI is InChI=1S/C12H14BrNO3/c1-16-10-3-2-4-11(10)17-12(15)8-5-6-14-7-9(8)13/h5-7,10-11H,2-4H2,1H3/t10-,11-/m0/s1. The summed E-state index contributed by atoms with van der Waals surface area (Å²) in [5.41, 5.74) is 0.502. The molecule has 0 spiro atoms. The van der Waals surface area contributed by atoms with Gasteiger partial charge in [0.25, 0.3) is 0 Å². The van der Waals surface area contributed by atoms with E-state index in [2.05, 4.69) is 20.9 Å². The number of rotatable bonds is 3. The number of aromatic nitrogens is 1. The minimum absolute atomic E-state index is 0.0274. The van der Waals surface area contributed by atoms with Gasteiger partial charge in [-0.25, -0.2) is 4.79 Å². The maximum atomic E-state index is 11.9. The molecule has 4 nitrogen and oxygen atoms in total. The van der Waals surface area contributed by atoms with E-state index in [4.69, 9.17) is 9.47 Å². The van der Waals surface area contributed by atoms with Crippen molar-refractivity contribution < 1.29 is 14.3 Å². The number of methoxy groups -OCH3 is 1. The molecule has 0 radical (unpaired) electrons. The molecular formula is C12H14BrNO3. The zero-order chi connectivity index (χ0) is 12.3. The Balaban J connectivity index is 2.04. The highest BCUT2D eigenvalue weighted by Gasteiger charge is 2.31. The molecule has 0 amide bonds. The van der Waals surface area contributed by atoms with Gasteiger partial charge in [0.15, 0.2) is 0 Å². The van der Waals surface area contributed by atoms with Crippen molar-refractivity contribution in [2.24, 2.45) is 0 Å². The molecule has 1 aliphatic rings. The molecule has 17 heavy (non-hydrogen) atoms. The second kappa shape index (κ2) is 5.60. The third-order valence-electron chi connectivity index (χ3n) is 2.95. The third-order valence-corrected chi connectivity index (χ3v) is 3.58. The van der Waals surface area contributed by atoms with Gasteiger partial charge in [0.1, 0.15) is 6.10 Å². The first kappa shape index (κ1) is 12.5. The first-order valence-corrected chi connectivity index (χ1v) is 6.35. The Morgan fingerprint density at radius 1 is 1.47 bits per heavy atom. The smallest absolute Gasteiger partial charge is 0.339 e. The van der Waals surface area contributed by atoms with Gasteiger partial charge >= 0.3 is 5.97 Å². The molecule has 0 N–H and O–H groups in total. The molecule has 0 aliphatic heterocycles. The van der Waals surface area contributed by atoms with Gasteiger partial charge in [-0.3, -0.25) is 4.98 Å². The first-order valence-electron chi connectivity index (χ1n) is 5.55. The van der Waals surface area contributed by atoms with E-state index >= 15 is 0 Å². The number of esters is 1. The largest absolute Gasteiger partial charge is 0.456 e. The lowest BCUT2D eigenvalue weighted by Gasteiger charge is -2.18. The Labute approximate surface area is 108 Å². The van der Waals surface area contributed by atoms with E-state index in [-0.39, 0.29) is 18.2 Å². The summed E-state index contributed by atoms with van der Waals surface area (Å²) in [7, 11) is 1.65. The molecule has 2 rings (SSSR count). The van der Waals surface area contributed by atoms with Crippen molar-refractivity contribution in [2.75, 3.05) is 7.11 Å². The van der Waals surface area contributed by atoms with E-state index in [0.717, 1.165) is 19.3 Å². The summed E-state index contributed by atoms with van der Waals surface area (Å²) in [4.78, 5) is 15.9. The summed E-state index contributed by atoms with van der Waals surface area (Å²) >= 11 is 3.28. The SMILES string of the molecule is CO[C@H]1CCC[C@@H]1OC(=O)c1ccncc1Br. The van der Waals surface area contributed by atoms with Crippen LogP contribution in [0.5, 0.6) is 0 Å². The van der Waals surface area contributed by atoms with E-state index in [1.807, 2.05) is 0 Å². The summed E-state index contributed by atoms with van der Waals surface area (Å²) in [6.45, 7) is 0. The minimum atomic E-state index is -0.326. The van der Waals surface area contributed by atoms with Gasteiger partial charge in [0, 0.05) is 19.5 Å². The van der Waals surface area contributed by atoms with E-state index in [1.165, 1.54) is 0 Å². The Morgan fingerprint density at radius 3 is 2.94 bits per heavy atom. The summed E-state index contributed by atoms with van der Waals surface area (Å²) in [6, 6.07) is 1.64.